The van der Waals surface area contributed by atoms with Crippen LogP contribution in [0.5, 0.6) is 0 Å². The molecular weight excluding hydrogens is 357 g/mol. The number of aromatic nitrogens is 2. The lowest BCUT2D eigenvalue weighted by Gasteiger charge is -2.36. The second kappa shape index (κ2) is 7.72. The third-order valence-electron chi connectivity index (χ3n) is 5.01. The minimum atomic E-state index is -4.35. The number of halogens is 3. The van der Waals surface area contributed by atoms with Crippen molar-refractivity contribution in [3.05, 3.63) is 53.6 Å². The quantitative estimate of drug-likeness (QED) is 0.887. The Bertz CT molecular complexity index is 785. The van der Waals surface area contributed by atoms with Crippen LogP contribution in [-0.2, 0) is 18.0 Å². The second-order valence-electron chi connectivity index (χ2n) is 6.93. The fourth-order valence-corrected chi connectivity index (χ4v) is 3.43. The molecule has 3 rings (SSSR count). The Balaban J connectivity index is 1.70. The molecule has 1 fully saturated rings. The van der Waals surface area contributed by atoms with E-state index in [1.807, 2.05) is 29.6 Å². The zero-order valence-electron chi connectivity index (χ0n) is 15.3. The molecule has 0 bridgehead atoms. The summed E-state index contributed by atoms with van der Waals surface area (Å²) < 4.78 is 40.0. The molecule has 1 aliphatic heterocycles. The fraction of sp³-hybridized carbons (Fsp3) is 0.474. The van der Waals surface area contributed by atoms with E-state index >= 15 is 0 Å². The number of benzene rings is 1. The van der Waals surface area contributed by atoms with Gasteiger partial charge in [-0.3, -0.25) is 4.79 Å². The number of nitrogens with zero attached hydrogens (tertiary/aromatic N) is 3. The second-order valence-corrected chi connectivity index (χ2v) is 6.93. The van der Waals surface area contributed by atoms with Crippen LogP contribution in [0, 0.1) is 0 Å². The van der Waals surface area contributed by atoms with E-state index < -0.39 is 11.7 Å². The molecule has 2 unspecified atom stereocenters. The normalized spacial score (nSPS) is 19.1. The molecule has 2 atom stereocenters. The predicted octanol–water partition coefficient (Wildman–Crippen LogP) is 3.11. The van der Waals surface area contributed by atoms with Crippen LogP contribution in [0.25, 0.3) is 0 Å². The van der Waals surface area contributed by atoms with Crippen molar-refractivity contribution in [1.29, 1.82) is 0 Å². The highest BCUT2D eigenvalue weighted by atomic mass is 19.4. The van der Waals surface area contributed by atoms with Gasteiger partial charge in [-0.25, -0.2) is 4.98 Å². The van der Waals surface area contributed by atoms with Crippen molar-refractivity contribution in [1.82, 2.24) is 19.8 Å². The largest absolute Gasteiger partial charge is 0.416 e. The molecule has 1 N–H and O–H groups in total. The molecule has 2 aromatic rings. The number of rotatable bonds is 4. The van der Waals surface area contributed by atoms with Gasteiger partial charge >= 0.3 is 6.18 Å². The van der Waals surface area contributed by atoms with Crippen molar-refractivity contribution in [3.63, 3.8) is 0 Å². The van der Waals surface area contributed by atoms with E-state index in [9.17, 15) is 18.0 Å². The summed E-state index contributed by atoms with van der Waals surface area (Å²) in [6.45, 7) is 3.78. The number of imidazole rings is 1. The first-order chi connectivity index (χ1) is 12.8. The van der Waals surface area contributed by atoms with E-state index in [4.69, 9.17) is 0 Å². The minimum absolute atomic E-state index is 0.0168. The number of carbonyl (C=O) groups excluding carboxylic acids is 1. The van der Waals surface area contributed by atoms with E-state index in [-0.39, 0.29) is 24.3 Å². The van der Waals surface area contributed by atoms with Gasteiger partial charge < -0.3 is 14.8 Å². The number of hydrogen-bond acceptors (Lipinski definition) is 3. The maximum atomic E-state index is 12.9. The Morgan fingerprint density at radius 3 is 2.63 bits per heavy atom. The highest BCUT2D eigenvalue weighted by Gasteiger charge is 2.32. The van der Waals surface area contributed by atoms with Crippen LogP contribution < -0.4 is 5.32 Å². The monoisotopic (exact) mass is 380 g/mol. The zero-order chi connectivity index (χ0) is 19.6. The van der Waals surface area contributed by atoms with Crippen LogP contribution in [0.2, 0.25) is 0 Å². The van der Waals surface area contributed by atoms with Crippen LogP contribution in [0.3, 0.4) is 0 Å². The van der Waals surface area contributed by atoms with Gasteiger partial charge in [0.1, 0.15) is 11.9 Å². The molecule has 1 amide bonds. The third-order valence-corrected chi connectivity index (χ3v) is 5.01. The molecule has 1 aliphatic rings. The molecule has 0 aliphatic carbocycles. The highest BCUT2D eigenvalue weighted by molar-refractivity contribution is 5.77. The number of aryl methyl sites for hydroxylation is 1. The summed E-state index contributed by atoms with van der Waals surface area (Å²) in [5, 5.41) is 3.29. The molecule has 8 heteroatoms. The minimum Gasteiger partial charge on any atom is -0.336 e. The van der Waals surface area contributed by atoms with E-state index in [1.165, 1.54) is 12.1 Å². The SMILES string of the molecule is CC(CC(=O)N1CCNCC1c1nccn1C)c1ccc(C(F)(F)F)cc1. The first-order valence-electron chi connectivity index (χ1n) is 8.92. The Hall–Kier alpha value is -2.35. The van der Waals surface area contributed by atoms with Crippen molar-refractivity contribution < 1.29 is 18.0 Å². The summed E-state index contributed by atoms with van der Waals surface area (Å²) in [6, 6.07) is 4.89. The lowest BCUT2D eigenvalue weighted by molar-refractivity contribution is -0.138. The lowest BCUT2D eigenvalue weighted by atomic mass is 9.95. The van der Waals surface area contributed by atoms with Crippen LogP contribution in [0.4, 0.5) is 13.2 Å². The smallest absolute Gasteiger partial charge is 0.336 e. The Morgan fingerprint density at radius 2 is 2.04 bits per heavy atom. The molecule has 0 radical (unpaired) electrons. The van der Waals surface area contributed by atoms with Gasteiger partial charge in [-0.2, -0.15) is 13.2 Å². The van der Waals surface area contributed by atoms with Crippen LogP contribution >= 0.6 is 0 Å². The summed E-state index contributed by atoms with van der Waals surface area (Å²) in [5.74, 6) is 0.631. The van der Waals surface area contributed by atoms with Gasteiger partial charge in [0.05, 0.1) is 5.56 Å². The van der Waals surface area contributed by atoms with Gasteiger partial charge in [0.25, 0.3) is 0 Å². The zero-order valence-corrected chi connectivity index (χ0v) is 15.3. The first-order valence-corrected chi connectivity index (χ1v) is 8.92. The lowest BCUT2D eigenvalue weighted by Crippen LogP contribution is -2.49. The van der Waals surface area contributed by atoms with Crippen molar-refractivity contribution in [3.8, 4) is 0 Å². The van der Waals surface area contributed by atoms with Gasteiger partial charge in [0.2, 0.25) is 5.91 Å². The standard InChI is InChI=1S/C19H23F3N4O/c1-13(14-3-5-15(6-4-14)19(20,21)22)11-17(27)26-10-7-23-12-16(26)18-24-8-9-25(18)2/h3-6,8-9,13,16,23H,7,10-12H2,1-2H3. The third kappa shape index (κ3) is 4.32. The van der Waals surface area contributed by atoms with Gasteiger partial charge in [-0.15, -0.1) is 0 Å². The summed E-state index contributed by atoms with van der Waals surface area (Å²) in [6.07, 6.45) is -0.561. The fourth-order valence-electron chi connectivity index (χ4n) is 3.43. The Morgan fingerprint density at radius 1 is 1.33 bits per heavy atom. The average molecular weight is 380 g/mol. The van der Waals surface area contributed by atoms with Gasteiger partial charge in [-0.05, 0) is 23.6 Å². The van der Waals surface area contributed by atoms with Crippen LogP contribution in [0.1, 0.15) is 42.3 Å². The number of piperazine rings is 1. The molecule has 1 aromatic carbocycles. The van der Waals surface area contributed by atoms with E-state index in [0.717, 1.165) is 23.5 Å². The average Bonchev–Trinajstić information content (AvgIpc) is 3.07. The topological polar surface area (TPSA) is 50.2 Å². The first kappa shape index (κ1) is 19.4. The molecular formula is C19H23F3N4O. The summed E-state index contributed by atoms with van der Waals surface area (Å²) in [7, 11) is 1.89. The van der Waals surface area contributed by atoms with Crippen LogP contribution in [-0.4, -0.2) is 40.0 Å². The van der Waals surface area contributed by atoms with E-state index in [2.05, 4.69) is 10.3 Å². The predicted molar refractivity (Wildman–Crippen MR) is 95.0 cm³/mol. The summed E-state index contributed by atoms with van der Waals surface area (Å²) in [5.41, 5.74) is 0.0433. The Kier molecular flexibility index (Phi) is 5.55. The van der Waals surface area contributed by atoms with E-state index in [0.29, 0.717) is 19.6 Å². The van der Waals surface area contributed by atoms with Gasteiger partial charge in [0, 0.05) is 45.5 Å². The Labute approximate surface area is 156 Å². The molecule has 5 nitrogen and oxygen atoms in total. The highest BCUT2D eigenvalue weighted by Crippen LogP contribution is 2.31. The maximum absolute atomic E-state index is 12.9. The molecule has 146 valence electrons. The summed E-state index contributed by atoms with van der Waals surface area (Å²) in [4.78, 5) is 19.1. The number of amides is 1. The van der Waals surface area contributed by atoms with Crippen molar-refractivity contribution in [2.45, 2.75) is 31.5 Å². The van der Waals surface area contributed by atoms with E-state index in [1.54, 1.807) is 6.20 Å². The summed E-state index contributed by atoms with van der Waals surface area (Å²) >= 11 is 0. The number of alkyl halides is 3. The van der Waals surface area contributed by atoms with Crippen molar-refractivity contribution >= 4 is 5.91 Å². The van der Waals surface area contributed by atoms with Gasteiger partial charge in [-0.1, -0.05) is 19.1 Å². The van der Waals surface area contributed by atoms with Gasteiger partial charge in [0.15, 0.2) is 0 Å². The number of carbonyl (C=O) groups is 1. The molecule has 1 aromatic heterocycles. The molecule has 27 heavy (non-hydrogen) atoms. The number of hydrogen-bond donors (Lipinski definition) is 1. The molecule has 2 heterocycles. The molecule has 0 saturated carbocycles. The van der Waals surface area contributed by atoms with Crippen molar-refractivity contribution in [2.24, 2.45) is 7.05 Å². The molecule has 0 spiro atoms. The van der Waals surface area contributed by atoms with Crippen LogP contribution in [0.15, 0.2) is 36.7 Å². The number of nitrogens with one attached hydrogen (secondary N) is 1. The molecule has 1 saturated heterocycles. The van der Waals surface area contributed by atoms with Crippen molar-refractivity contribution in [2.75, 3.05) is 19.6 Å². The maximum Gasteiger partial charge on any atom is 0.416 e.